The largest absolute Gasteiger partial charge is 0.386 e. The second-order valence-electron chi connectivity index (χ2n) is 10.4. The number of aryl methyl sites for hydroxylation is 3. The van der Waals surface area contributed by atoms with E-state index in [1.165, 1.54) is 4.68 Å². The fraction of sp³-hybridized carbons (Fsp3) is 0.429. The predicted molar refractivity (Wildman–Crippen MR) is 140 cm³/mol. The van der Waals surface area contributed by atoms with E-state index < -0.39 is 12.5 Å². The van der Waals surface area contributed by atoms with Crippen molar-refractivity contribution in [2.24, 2.45) is 13.0 Å². The van der Waals surface area contributed by atoms with E-state index in [0.717, 1.165) is 46.0 Å². The summed E-state index contributed by atoms with van der Waals surface area (Å²) in [4.78, 5) is 4.86. The van der Waals surface area contributed by atoms with Crippen LogP contribution in [0, 0.1) is 19.7 Å². The number of benzene rings is 1. The van der Waals surface area contributed by atoms with Crippen molar-refractivity contribution in [3.8, 4) is 11.3 Å². The summed E-state index contributed by atoms with van der Waals surface area (Å²) in [6.45, 7) is 4.27. The van der Waals surface area contributed by atoms with E-state index in [0.29, 0.717) is 30.2 Å². The van der Waals surface area contributed by atoms with E-state index >= 15 is 0 Å². The fourth-order valence-corrected chi connectivity index (χ4v) is 5.54. The minimum atomic E-state index is -2.43. The highest BCUT2D eigenvalue weighted by molar-refractivity contribution is 6.07. The molecule has 9 nitrogen and oxygen atoms in total. The lowest BCUT2D eigenvalue weighted by Crippen LogP contribution is -2.27. The van der Waals surface area contributed by atoms with Crippen molar-refractivity contribution >= 4 is 21.9 Å². The van der Waals surface area contributed by atoms with E-state index in [1.54, 1.807) is 27.1 Å². The van der Waals surface area contributed by atoms with Crippen LogP contribution in [0.4, 0.5) is 0 Å². The lowest BCUT2D eigenvalue weighted by molar-refractivity contribution is 0.0543. The van der Waals surface area contributed by atoms with E-state index in [-0.39, 0.29) is 17.7 Å². The molecule has 1 aromatic carbocycles. The molecule has 0 spiro atoms. The van der Waals surface area contributed by atoms with Gasteiger partial charge in [0.2, 0.25) is 0 Å². The Balaban J connectivity index is 1.69. The van der Waals surface area contributed by atoms with Gasteiger partial charge in [-0.05, 0) is 64.1 Å². The minimum Gasteiger partial charge on any atom is -0.386 e. The molecule has 1 aliphatic heterocycles. The standard InChI is InChI=1S/C28H32N6O3/c1-16-12-22(31-37-16)27(18-8-10-36-11-9-18)34-23-14-20(28(3,4)35)6-7-21(23)25-24(34)13-19(15-29-25)26-17(2)30-32-33(26)5/h6-7,12-15,18,27,35H,8-11H2,1-5H3/i2D3. The Labute approximate surface area is 219 Å². The van der Waals surface area contributed by atoms with Crippen LogP contribution >= 0.6 is 0 Å². The molecular formula is C28H32N6O3. The Kier molecular flexibility index (Phi) is 4.86. The highest BCUT2D eigenvalue weighted by atomic mass is 16.5. The zero-order valence-corrected chi connectivity index (χ0v) is 21.4. The molecule has 1 aliphatic rings. The maximum atomic E-state index is 10.9. The third-order valence-electron chi connectivity index (χ3n) is 7.39. The van der Waals surface area contributed by atoms with Gasteiger partial charge in [0.1, 0.15) is 11.5 Å². The van der Waals surface area contributed by atoms with Crippen LogP contribution in [0.1, 0.15) is 59.6 Å². The Bertz CT molecular complexity index is 1710. The van der Waals surface area contributed by atoms with Gasteiger partial charge in [0.15, 0.2) is 0 Å². The van der Waals surface area contributed by atoms with Crippen LogP contribution in [0.3, 0.4) is 0 Å². The van der Waals surface area contributed by atoms with Gasteiger partial charge in [-0.2, -0.15) is 0 Å². The quantitative estimate of drug-likeness (QED) is 0.366. The van der Waals surface area contributed by atoms with Crippen LogP contribution in [0.5, 0.6) is 0 Å². The van der Waals surface area contributed by atoms with E-state index in [9.17, 15) is 5.11 Å². The van der Waals surface area contributed by atoms with Crippen molar-refractivity contribution in [1.82, 2.24) is 29.7 Å². The second kappa shape index (κ2) is 8.78. The number of nitrogens with zero attached hydrogens (tertiary/aromatic N) is 6. The van der Waals surface area contributed by atoms with Crippen molar-refractivity contribution in [3.05, 3.63) is 59.2 Å². The summed E-state index contributed by atoms with van der Waals surface area (Å²) in [6, 6.07) is 9.63. The smallest absolute Gasteiger partial charge is 0.134 e. The molecule has 0 radical (unpaired) electrons. The Morgan fingerprint density at radius 2 is 1.97 bits per heavy atom. The second-order valence-corrected chi connectivity index (χ2v) is 10.4. The SMILES string of the molecule is [2H]C([2H])([2H])c1nnn(C)c1-c1cnc2c3ccc(C(C)(C)O)cc3n(C(c3cc(C)on3)C3CCOCC3)c2c1. The van der Waals surface area contributed by atoms with Crippen molar-refractivity contribution in [1.29, 1.82) is 0 Å². The highest BCUT2D eigenvalue weighted by Gasteiger charge is 2.33. The van der Waals surface area contributed by atoms with Crippen LogP contribution < -0.4 is 0 Å². The van der Waals surface area contributed by atoms with Gasteiger partial charge < -0.3 is 18.9 Å². The first kappa shape index (κ1) is 20.5. The van der Waals surface area contributed by atoms with Gasteiger partial charge in [0, 0.05) is 47.6 Å². The van der Waals surface area contributed by atoms with Gasteiger partial charge in [0.05, 0.1) is 39.6 Å². The molecular weight excluding hydrogens is 468 g/mol. The van der Waals surface area contributed by atoms with E-state index in [4.69, 9.17) is 18.4 Å². The summed E-state index contributed by atoms with van der Waals surface area (Å²) < 4.78 is 39.0. The number of rotatable bonds is 5. The van der Waals surface area contributed by atoms with Crippen molar-refractivity contribution in [2.45, 2.75) is 52.1 Å². The Hall–Kier alpha value is -3.56. The van der Waals surface area contributed by atoms with Crippen LogP contribution in [-0.2, 0) is 17.4 Å². The van der Waals surface area contributed by atoms with Crippen LogP contribution in [0.2, 0.25) is 0 Å². The molecule has 0 aliphatic carbocycles. The van der Waals surface area contributed by atoms with E-state index in [1.807, 2.05) is 37.3 Å². The number of fused-ring (bicyclic) bond motifs is 3. The number of pyridine rings is 1. The molecule has 37 heavy (non-hydrogen) atoms. The third-order valence-corrected chi connectivity index (χ3v) is 7.39. The molecule has 9 heteroatoms. The molecule has 6 rings (SSSR count). The normalized spacial score (nSPS) is 17.7. The van der Waals surface area contributed by atoms with Gasteiger partial charge in [-0.1, -0.05) is 22.5 Å². The van der Waals surface area contributed by atoms with Crippen LogP contribution in [0.25, 0.3) is 33.2 Å². The average Bonchev–Trinajstić information content (AvgIpc) is 3.59. The summed E-state index contributed by atoms with van der Waals surface area (Å²) in [5.74, 6) is 0.912. The van der Waals surface area contributed by atoms with Gasteiger partial charge in [-0.15, -0.1) is 5.10 Å². The van der Waals surface area contributed by atoms with Gasteiger partial charge in [-0.25, -0.2) is 4.68 Å². The molecule has 0 amide bonds. The van der Waals surface area contributed by atoms with Gasteiger partial charge >= 0.3 is 0 Å². The highest BCUT2D eigenvalue weighted by Crippen LogP contribution is 2.42. The van der Waals surface area contributed by atoms with E-state index in [2.05, 4.69) is 20.0 Å². The maximum Gasteiger partial charge on any atom is 0.134 e. The van der Waals surface area contributed by atoms with Crippen molar-refractivity contribution in [3.63, 3.8) is 0 Å². The zero-order valence-electron chi connectivity index (χ0n) is 24.4. The number of hydrogen-bond acceptors (Lipinski definition) is 7. The molecule has 1 N–H and O–H groups in total. The molecule has 1 atom stereocenters. The molecule has 1 saturated heterocycles. The fourth-order valence-electron chi connectivity index (χ4n) is 5.54. The summed E-state index contributed by atoms with van der Waals surface area (Å²) in [7, 11) is 1.68. The molecule has 0 saturated carbocycles. The monoisotopic (exact) mass is 503 g/mol. The molecule has 4 aromatic heterocycles. The zero-order chi connectivity index (χ0) is 28.4. The molecule has 0 bridgehead atoms. The molecule has 1 unspecified atom stereocenters. The van der Waals surface area contributed by atoms with Crippen LogP contribution in [0.15, 0.2) is 41.1 Å². The van der Waals surface area contributed by atoms with Gasteiger partial charge in [-0.3, -0.25) is 4.98 Å². The first-order valence-electron chi connectivity index (χ1n) is 14.0. The van der Waals surface area contributed by atoms with Crippen LogP contribution in [-0.4, -0.2) is 48.0 Å². The maximum absolute atomic E-state index is 10.9. The Morgan fingerprint density at radius 3 is 2.68 bits per heavy atom. The number of ether oxygens (including phenoxy) is 1. The topological polar surface area (TPSA) is 104 Å². The number of hydrogen-bond donors (Lipinski definition) is 1. The lowest BCUT2D eigenvalue weighted by atomic mass is 9.89. The summed E-state index contributed by atoms with van der Waals surface area (Å²) >= 11 is 0. The third kappa shape index (κ3) is 4.02. The Morgan fingerprint density at radius 1 is 1.16 bits per heavy atom. The van der Waals surface area contributed by atoms with Crippen molar-refractivity contribution < 1.29 is 18.5 Å². The van der Waals surface area contributed by atoms with Crippen molar-refractivity contribution in [2.75, 3.05) is 13.2 Å². The lowest BCUT2D eigenvalue weighted by Gasteiger charge is -2.31. The summed E-state index contributed by atoms with van der Waals surface area (Å²) in [5.41, 5.74) is 3.91. The average molecular weight is 504 g/mol. The molecule has 192 valence electrons. The number of aliphatic hydroxyl groups is 1. The predicted octanol–water partition coefficient (Wildman–Crippen LogP) is 4.83. The molecule has 1 fully saturated rings. The molecule has 5 heterocycles. The van der Waals surface area contributed by atoms with Gasteiger partial charge in [0.25, 0.3) is 0 Å². The minimum absolute atomic E-state index is 0.0729. The summed E-state index contributed by atoms with van der Waals surface area (Å²) in [6.07, 6.45) is 3.35. The molecule has 5 aromatic rings. The summed E-state index contributed by atoms with van der Waals surface area (Å²) in [5, 5.41) is 24.2. The first-order chi connectivity index (χ1) is 18.9. The first-order valence-corrected chi connectivity index (χ1v) is 12.5. The number of aromatic nitrogens is 6.